The molecule has 0 spiro atoms. The van der Waals surface area contributed by atoms with Gasteiger partial charge in [0.2, 0.25) is 11.8 Å². The van der Waals surface area contributed by atoms with Crippen LogP contribution in [0.1, 0.15) is 38.8 Å². The lowest BCUT2D eigenvalue weighted by Gasteiger charge is -2.31. The second-order valence-corrected chi connectivity index (χ2v) is 8.17. The molecule has 0 bridgehead atoms. The molecule has 0 fully saturated rings. The van der Waals surface area contributed by atoms with Crippen molar-refractivity contribution in [3.05, 3.63) is 70.7 Å². The number of carbonyl (C=O) groups excluding carboxylic acids is 2. The Morgan fingerprint density at radius 2 is 1.67 bits per heavy atom. The summed E-state index contributed by atoms with van der Waals surface area (Å²) in [6.07, 6.45) is 0.195. The molecular formula is C22H27ClN2O2. The van der Waals surface area contributed by atoms with Crippen molar-refractivity contribution < 1.29 is 9.59 Å². The fourth-order valence-electron chi connectivity index (χ4n) is 2.76. The van der Waals surface area contributed by atoms with Gasteiger partial charge in [-0.15, -0.1) is 0 Å². The Kier molecular flexibility index (Phi) is 7.03. The topological polar surface area (TPSA) is 49.4 Å². The molecule has 0 aliphatic carbocycles. The summed E-state index contributed by atoms with van der Waals surface area (Å²) < 4.78 is 0. The van der Waals surface area contributed by atoms with Crippen molar-refractivity contribution in [3.63, 3.8) is 0 Å². The average Bonchev–Trinajstić information content (AvgIpc) is 2.58. The summed E-state index contributed by atoms with van der Waals surface area (Å²) in [7, 11) is 0. The van der Waals surface area contributed by atoms with Gasteiger partial charge in [0.25, 0.3) is 0 Å². The fraction of sp³-hybridized carbons (Fsp3) is 0.364. The van der Waals surface area contributed by atoms with Gasteiger partial charge in [0.1, 0.15) is 6.04 Å². The van der Waals surface area contributed by atoms with Crippen LogP contribution in [0, 0.1) is 0 Å². The van der Waals surface area contributed by atoms with Gasteiger partial charge in [-0.3, -0.25) is 9.59 Å². The van der Waals surface area contributed by atoms with Crippen molar-refractivity contribution in [1.82, 2.24) is 10.2 Å². The van der Waals surface area contributed by atoms with Gasteiger partial charge in [-0.05, 0) is 51.0 Å². The zero-order valence-corrected chi connectivity index (χ0v) is 17.1. The molecule has 0 aromatic heterocycles. The second kappa shape index (κ2) is 9.05. The number of halogens is 1. The number of hydrogen-bond acceptors (Lipinski definition) is 2. The Labute approximate surface area is 166 Å². The average molecular weight is 387 g/mol. The van der Waals surface area contributed by atoms with Gasteiger partial charge in [0, 0.05) is 17.1 Å². The van der Waals surface area contributed by atoms with E-state index < -0.39 is 6.04 Å². The van der Waals surface area contributed by atoms with E-state index in [1.165, 1.54) is 0 Å². The van der Waals surface area contributed by atoms with Gasteiger partial charge in [-0.25, -0.2) is 0 Å². The number of benzene rings is 2. The number of hydrogen-bond donors (Lipinski definition) is 1. The van der Waals surface area contributed by atoms with E-state index in [1.807, 2.05) is 63.2 Å². The minimum absolute atomic E-state index is 0.113. The Bertz CT molecular complexity index is 784. The van der Waals surface area contributed by atoms with E-state index in [2.05, 4.69) is 5.32 Å². The van der Waals surface area contributed by atoms with Gasteiger partial charge in [-0.2, -0.15) is 0 Å². The zero-order valence-electron chi connectivity index (χ0n) is 16.3. The highest BCUT2D eigenvalue weighted by molar-refractivity contribution is 6.30. The highest BCUT2D eigenvalue weighted by atomic mass is 35.5. The van der Waals surface area contributed by atoms with E-state index in [4.69, 9.17) is 11.6 Å². The Morgan fingerprint density at radius 1 is 1.04 bits per heavy atom. The summed E-state index contributed by atoms with van der Waals surface area (Å²) in [4.78, 5) is 27.3. The standard InChI is InChI=1S/C22H27ClN2O2/c1-16(21(27)24-22(2,3)4)25(15-17-9-6-5-7-10-17)20(26)14-18-11-8-12-19(23)13-18/h5-13,16H,14-15H2,1-4H3,(H,24,27)/t16-/m1/s1. The molecular weight excluding hydrogens is 360 g/mol. The molecule has 144 valence electrons. The molecule has 2 aromatic carbocycles. The Morgan fingerprint density at radius 3 is 2.26 bits per heavy atom. The van der Waals surface area contributed by atoms with Gasteiger partial charge in [0.15, 0.2) is 0 Å². The van der Waals surface area contributed by atoms with Crippen LogP contribution in [0.3, 0.4) is 0 Å². The largest absolute Gasteiger partial charge is 0.350 e. The zero-order chi connectivity index (χ0) is 20.0. The van der Waals surface area contributed by atoms with Crippen LogP contribution in [0.5, 0.6) is 0 Å². The predicted octanol–water partition coefficient (Wildman–Crippen LogP) is 4.21. The van der Waals surface area contributed by atoms with E-state index in [0.717, 1.165) is 11.1 Å². The van der Waals surface area contributed by atoms with Crippen LogP contribution in [0.25, 0.3) is 0 Å². The third-order valence-corrected chi connectivity index (χ3v) is 4.34. The molecule has 0 radical (unpaired) electrons. The summed E-state index contributed by atoms with van der Waals surface area (Å²) in [6, 6.07) is 16.3. The van der Waals surface area contributed by atoms with E-state index in [-0.39, 0.29) is 23.8 Å². The van der Waals surface area contributed by atoms with E-state index in [1.54, 1.807) is 24.0 Å². The van der Waals surface area contributed by atoms with Crippen molar-refractivity contribution in [3.8, 4) is 0 Å². The smallest absolute Gasteiger partial charge is 0.242 e. The number of rotatable bonds is 6. The fourth-order valence-corrected chi connectivity index (χ4v) is 2.97. The van der Waals surface area contributed by atoms with Gasteiger partial charge >= 0.3 is 0 Å². The first-order chi connectivity index (χ1) is 12.7. The summed E-state index contributed by atoms with van der Waals surface area (Å²) in [5.41, 5.74) is 1.45. The first-order valence-electron chi connectivity index (χ1n) is 9.05. The molecule has 0 heterocycles. The van der Waals surface area contributed by atoms with Crippen LogP contribution in [-0.4, -0.2) is 28.3 Å². The van der Waals surface area contributed by atoms with Crippen LogP contribution < -0.4 is 5.32 Å². The third kappa shape index (κ3) is 6.72. The van der Waals surface area contributed by atoms with E-state index in [9.17, 15) is 9.59 Å². The van der Waals surface area contributed by atoms with Crippen molar-refractivity contribution in [1.29, 1.82) is 0 Å². The van der Waals surface area contributed by atoms with Gasteiger partial charge in [-0.1, -0.05) is 54.1 Å². The van der Waals surface area contributed by atoms with Crippen molar-refractivity contribution in [2.75, 3.05) is 0 Å². The van der Waals surface area contributed by atoms with Crippen LogP contribution in [0.2, 0.25) is 5.02 Å². The molecule has 2 rings (SSSR count). The number of amides is 2. The summed E-state index contributed by atoms with van der Waals surface area (Å²) in [5, 5.41) is 3.55. The normalized spacial score (nSPS) is 12.3. The van der Waals surface area contributed by atoms with Gasteiger partial charge < -0.3 is 10.2 Å². The minimum Gasteiger partial charge on any atom is -0.350 e. The highest BCUT2D eigenvalue weighted by Gasteiger charge is 2.28. The maximum Gasteiger partial charge on any atom is 0.242 e. The Balaban J connectivity index is 2.22. The maximum atomic E-state index is 13.0. The number of carbonyl (C=O) groups is 2. The number of nitrogens with one attached hydrogen (secondary N) is 1. The second-order valence-electron chi connectivity index (χ2n) is 7.73. The molecule has 27 heavy (non-hydrogen) atoms. The molecule has 4 nitrogen and oxygen atoms in total. The Hall–Kier alpha value is -2.33. The molecule has 0 unspecified atom stereocenters. The predicted molar refractivity (Wildman–Crippen MR) is 110 cm³/mol. The minimum atomic E-state index is -0.587. The van der Waals surface area contributed by atoms with Crippen molar-refractivity contribution in [2.24, 2.45) is 0 Å². The highest BCUT2D eigenvalue weighted by Crippen LogP contribution is 2.16. The quantitative estimate of drug-likeness (QED) is 0.808. The monoisotopic (exact) mass is 386 g/mol. The summed E-state index contributed by atoms with van der Waals surface area (Å²) in [6.45, 7) is 7.91. The molecule has 1 N–H and O–H groups in total. The van der Waals surface area contributed by atoms with Crippen LogP contribution in [-0.2, 0) is 22.6 Å². The van der Waals surface area contributed by atoms with Crippen LogP contribution in [0.4, 0.5) is 0 Å². The molecule has 1 atom stereocenters. The van der Waals surface area contributed by atoms with Crippen molar-refractivity contribution in [2.45, 2.75) is 52.2 Å². The molecule has 0 saturated heterocycles. The van der Waals surface area contributed by atoms with E-state index >= 15 is 0 Å². The van der Waals surface area contributed by atoms with Crippen LogP contribution in [0.15, 0.2) is 54.6 Å². The first kappa shape index (κ1) is 21.0. The lowest BCUT2D eigenvalue weighted by molar-refractivity contribution is -0.140. The SMILES string of the molecule is C[C@H](C(=O)NC(C)(C)C)N(Cc1ccccc1)C(=O)Cc1cccc(Cl)c1. The first-order valence-corrected chi connectivity index (χ1v) is 9.43. The van der Waals surface area contributed by atoms with Crippen molar-refractivity contribution >= 4 is 23.4 Å². The maximum absolute atomic E-state index is 13.0. The summed E-state index contributed by atoms with van der Waals surface area (Å²) in [5.74, 6) is -0.282. The molecule has 0 saturated carbocycles. The lowest BCUT2D eigenvalue weighted by atomic mass is 10.1. The summed E-state index contributed by atoms with van der Waals surface area (Å²) >= 11 is 6.03. The molecule has 5 heteroatoms. The van der Waals surface area contributed by atoms with Crippen LogP contribution >= 0.6 is 11.6 Å². The third-order valence-electron chi connectivity index (χ3n) is 4.11. The van der Waals surface area contributed by atoms with Gasteiger partial charge in [0.05, 0.1) is 6.42 Å². The molecule has 2 aromatic rings. The molecule has 0 aliphatic rings. The lowest BCUT2D eigenvalue weighted by Crippen LogP contribution is -2.52. The van der Waals surface area contributed by atoms with E-state index in [0.29, 0.717) is 11.6 Å². The molecule has 2 amide bonds. The molecule has 0 aliphatic heterocycles. The number of nitrogens with zero attached hydrogens (tertiary/aromatic N) is 1.